The number of nitrogens with zero attached hydrogens (tertiary/aromatic N) is 2. The van der Waals surface area contributed by atoms with Gasteiger partial charge in [-0.15, -0.1) is 11.8 Å². The van der Waals surface area contributed by atoms with Gasteiger partial charge in [0, 0.05) is 30.1 Å². The molecule has 90 valence electrons. The molecule has 3 nitrogen and oxygen atoms in total. The summed E-state index contributed by atoms with van der Waals surface area (Å²) in [5, 5.41) is 4.56. The van der Waals surface area contributed by atoms with E-state index in [2.05, 4.69) is 28.3 Å². The van der Waals surface area contributed by atoms with Crippen molar-refractivity contribution >= 4 is 34.9 Å². The standard InChI is InChI=1S/C12H14ClN3S/c1-16-7-11(12-14-4-5-15-12)17-10-6-8(13)2-3-9(10)16/h2-3,6,11H,4-5,7H2,1H3,(H,14,15). The molecule has 1 N–H and O–H groups in total. The zero-order valence-corrected chi connectivity index (χ0v) is 11.2. The van der Waals surface area contributed by atoms with Crippen molar-refractivity contribution in [3.05, 3.63) is 23.2 Å². The van der Waals surface area contributed by atoms with Crippen LogP contribution in [0.2, 0.25) is 5.02 Å². The van der Waals surface area contributed by atoms with Crippen LogP contribution in [-0.4, -0.2) is 37.8 Å². The van der Waals surface area contributed by atoms with Crippen LogP contribution >= 0.6 is 23.4 Å². The number of halogens is 1. The van der Waals surface area contributed by atoms with Gasteiger partial charge in [0.05, 0.1) is 17.5 Å². The monoisotopic (exact) mass is 267 g/mol. The largest absolute Gasteiger partial charge is 0.372 e. The minimum atomic E-state index is 0.397. The maximum absolute atomic E-state index is 6.05. The topological polar surface area (TPSA) is 27.6 Å². The van der Waals surface area contributed by atoms with Gasteiger partial charge in [0.1, 0.15) is 5.84 Å². The average Bonchev–Trinajstić information content (AvgIpc) is 2.81. The van der Waals surface area contributed by atoms with Gasteiger partial charge in [0.2, 0.25) is 0 Å². The zero-order chi connectivity index (χ0) is 11.8. The third-order valence-electron chi connectivity index (χ3n) is 3.05. The minimum absolute atomic E-state index is 0.397. The van der Waals surface area contributed by atoms with Crippen molar-refractivity contribution in [3.8, 4) is 0 Å². The Kier molecular flexibility index (Phi) is 2.92. The highest BCUT2D eigenvalue weighted by Crippen LogP contribution is 2.39. The fourth-order valence-corrected chi connectivity index (χ4v) is 3.86. The minimum Gasteiger partial charge on any atom is -0.372 e. The predicted octanol–water partition coefficient (Wildman–Crippen LogP) is 2.25. The van der Waals surface area contributed by atoms with Crippen LogP contribution in [0.4, 0.5) is 5.69 Å². The summed E-state index contributed by atoms with van der Waals surface area (Å²) in [4.78, 5) is 8.03. The van der Waals surface area contributed by atoms with Crippen LogP contribution in [0.1, 0.15) is 0 Å². The Hall–Kier alpha value is -0.870. The van der Waals surface area contributed by atoms with E-state index in [0.717, 1.165) is 30.5 Å². The lowest BCUT2D eigenvalue weighted by atomic mass is 10.2. The molecular formula is C12H14ClN3S. The first-order chi connectivity index (χ1) is 8.24. The van der Waals surface area contributed by atoms with Gasteiger partial charge in [-0.25, -0.2) is 0 Å². The van der Waals surface area contributed by atoms with Gasteiger partial charge < -0.3 is 10.2 Å². The number of hydrogen-bond donors (Lipinski definition) is 1. The summed E-state index contributed by atoms with van der Waals surface area (Å²) in [5.41, 5.74) is 1.26. The molecule has 17 heavy (non-hydrogen) atoms. The lowest BCUT2D eigenvalue weighted by Gasteiger charge is -2.32. The van der Waals surface area contributed by atoms with E-state index in [1.807, 2.05) is 23.9 Å². The van der Waals surface area contributed by atoms with E-state index in [0.29, 0.717) is 5.25 Å². The summed E-state index contributed by atoms with van der Waals surface area (Å²) in [6, 6.07) is 6.08. The molecule has 2 aliphatic heterocycles. The number of rotatable bonds is 1. The Balaban J connectivity index is 1.91. The Labute approximate surface area is 110 Å². The highest BCUT2D eigenvalue weighted by Gasteiger charge is 2.28. The second-order valence-corrected chi connectivity index (χ2v) is 5.97. The van der Waals surface area contributed by atoms with Crippen LogP contribution < -0.4 is 10.2 Å². The fraction of sp³-hybridized carbons (Fsp3) is 0.417. The first-order valence-corrected chi connectivity index (χ1v) is 6.95. The van der Waals surface area contributed by atoms with Crippen LogP contribution in [0.5, 0.6) is 0 Å². The lowest BCUT2D eigenvalue weighted by Crippen LogP contribution is -2.40. The van der Waals surface area contributed by atoms with E-state index >= 15 is 0 Å². The highest BCUT2D eigenvalue weighted by molar-refractivity contribution is 8.01. The molecule has 1 aromatic carbocycles. The summed E-state index contributed by atoms with van der Waals surface area (Å²) in [5.74, 6) is 1.13. The number of hydrogen-bond acceptors (Lipinski definition) is 4. The van der Waals surface area contributed by atoms with Crippen molar-refractivity contribution in [1.82, 2.24) is 5.32 Å². The molecule has 0 saturated heterocycles. The van der Waals surface area contributed by atoms with Gasteiger partial charge in [0.25, 0.3) is 0 Å². The molecule has 5 heteroatoms. The molecule has 0 radical (unpaired) electrons. The molecule has 1 unspecified atom stereocenters. The van der Waals surface area contributed by atoms with Crippen LogP contribution in [0.3, 0.4) is 0 Å². The van der Waals surface area contributed by atoms with Gasteiger partial charge in [0.15, 0.2) is 0 Å². The van der Waals surface area contributed by atoms with Crippen molar-refractivity contribution in [2.75, 3.05) is 31.6 Å². The zero-order valence-electron chi connectivity index (χ0n) is 9.61. The van der Waals surface area contributed by atoms with Gasteiger partial charge in [-0.3, -0.25) is 4.99 Å². The highest BCUT2D eigenvalue weighted by atomic mass is 35.5. The van der Waals surface area contributed by atoms with Gasteiger partial charge >= 0.3 is 0 Å². The van der Waals surface area contributed by atoms with Crippen molar-refractivity contribution < 1.29 is 0 Å². The average molecular weight is 268 g/mol. The number of nitrogens with one attached hydrogen (secondary N) is 1. The number of anilines is 1. The molecule has 0 bridgehead atoms. The first kappa shape index (κ1) is 11.2. The molecule has 1 atom stereocenters. The maximum Gasteiger partial charge on any atom is 0.112 e. The molecule has 0 amide bonds. The molecule has 3 rings (SSSR count). The van der Waals surface area contributed by atoms with Crippen LogP contribution in [0.25, 0.3) is 0 Å². The number of fused-ring (bicyclic) bond motifs is 1. The maximum atomic E-state index is 6.05. The molecule has 1 aromatic rings. The van der Waals surface area contributed by atoms with Crippen molar-refractivity contribution in [2.24, 2.45) is 4.99 Å². The molecule has 2 heterocycles. The molecule has 0 fully saturated rings. The third kappa shape index (κ3) is 2.11. The van der Waals surface area contributed by atoms with Crippen LogP contribution in [0, 0.1) is 0 Å². The lowest BCUT2D eigenvalue weighted by molar-refractivity contribution is 0.878. The van der Waals surface area contributed by atoms with Crippen molar-refractivity contribution in [3.63, 3.8) is 0 Å². The van der Waals surface area contributed by atoms with Crippen LogP contribution in [-0.2, 0) is 0 Å². The summed E-state index contributed by atoms with van der Waals surface area (Å²) in [7, 11) is 2.12. The number of amidine groups is 1. The molecule has 0 aromatic heterocycles. The fourth-order valence-electron chi connectivity index (χ4n) is 2.21. The van der Waals surface area contributed by atoms with E-state index < -0.39 is 0 Å². The Morgan fingerprint density at radius 3 is 3.18 bits per heavy atom. The second-order valence-electron chi connectivity index (χ2n) is 4.29. The molecular weight excluding hydrogens is 254 g/mol. The van der Waals surface area contributed by atoms with E-state index in [4.69, 9.17) is 11.6 Å². The summed E-state index contributed by atoms with van der Waals surface area (Å²) >= 11 is 7.91. The second kappa shape index (κ2) is 4.42. The van der Waals surface area contributed by atoms with Gasteiger partial charge in [-0.2, -0.15) is 0 Å². The first-order valence-electron chi connectivity index (χ1n) is 5.69. The Bertz CT molecular complexity index is 475. The Morgan fingerprint density at radius 2 is 2.41 bits per heavy atom. The summed E-state index contributed by atoms with van der Waals surface area (Å²) in [6.45, 7) is 2.86. The van der Waals surface area contributed by atoms with E-state index in [-0.39, 0.29) is 0 Å². The quantitative estimate of drug-likeness (QED) is 0.846. The van der Waals surface area contributed by atoms with E-state index in [9.17, 15) is 0 Å². The smallest absolute Gasteiger partial charge is 0.112 e. The van der Waals surface area contributed by atoms with Crippen molar-refractivity contribution in [1.29, 1.82) is 0 Å². The number of benzene rings is 1. The number of aliphatic imine (C=N–C) groups is 1. The summed E-state index contributed by atoms with van der Waals surface area (Å²) < 4.78 is 0. The summed E-state index contributed by atoms with van der Waals surface area (Å²) in [6.07, 6.45) is 0. The third-order valence-corrected chi connectivity index (χ3v) is 4.52. The van der Waals surface area contributed by atoms with E-state index in [1.165, 1.54) is 10.6 Å². The van der Waals surface area contributed by atoms with Gasteiger partial charge in [-0.05, 0) is 18.2 Å². The number of thioether (sulfide) groups is 1. The molecule has 0 spiro atoms. The molecule has 2 aliphatic rings. The normalized spacial score (nSPS) is 23.1. The molecule has 0 aliphatic carbocycles. The SMILES string of the molecule is CN1CC(C2=NCCN2)Sc2cc(Cl)ccc21. The van der Waals surface area contributed by atoms with Crippen molar-refractivity contribution in [2.45, 2.75) is 10.1 Å². The van der Waals surface area contributed by atoms with Gasteiger partial charge in [-0.1, -0.05) is 11.6 Å². The van der Waals surface area contributed by atoms with Crippen LogP contribution in [0.15, 0.2) is 28.1 Å². The molecule has 0 saturated carbocycles. The van der Waals surface area contributed by atoms with E-state index in [1.54, 1.807) is 0 Å². The predicted molar refractivity (Wildman–Crippen MR) is 74.7 cm³/mol. The Morgan fingerprint density at radius 1 is 1.53 bits per heavy atom.